The molecule has 0 aliphatic heterocycles. The first kappa shape index (κ1) is 14.2. The smallest absolute Gasteiger partial charge is 0.237 e. The predicted octanol–water partition coefficient (Wildman–Crippen LogP) is 4.33. The summed E-state index contributed by atoms with van der Waals surface area (Å²) in [6, 6.07) is 7.58. The zero-order chi connectivity index (χ0) is 15.0. The first-order valence-corrected chi connectivity index (χ1v) is 7.28. The van der Waals surface area contributed by atoms with Gasteiger partial charge in [-0.25, -0.2) is 4.68 Å². The van der Waals surface area contributed by atoms with Gasteiger partial charge in [0.1, 0.15) is 0 Å². The normalized spacial score (nSPS) is 15.0. The number of hydrogen-bond acceptors (Lipinski definition) is 1. The topological polar surface area (TPSA) is 17.8 Å². The van der Waals surface area contributed by atoms with Crippen LogP contribution in [0.1, 0.15) is 42.3 Å². The molecule has 112 valence electrons. The van der Waals surface area contributed by atoms with Crippen molar-refractivity contribution >= 4 is 0 Å². The van der Waals surface area contributed by atoms with Crippen LogP contribution < -0.4 is 0 Å². The summed E-state index contributed by atoms with van der Waals surface area (Å²) >= 11 is 0. The van der Waals surface area contributed by atoms with Crippen LogP contribution in [0, 0.1) is 0 Å². The van der Waals surface area contributed by atoms with E-state index in [0.717, 1.165) is 30.5 Å². The van der Waals surface area contributed by atoms with Crippen LogP contribution >= 0.6 is 0 Å². The van der Waals surface area contributed by atoms with Crippen molar-refractivity contribution in [1.82, 2.24) is 9.78 Å². The third-order valence-corrected chi connectivity index (χ3v) is 4.04. The van der Waals surface area contributed by atoms with E-state index in [9.17, 15) is 13.2 Å². The molecule has 1 aliphatic rings. The highest BCUT2D eigenvalue weighted by Gasteiger charge is 2.39. The molecular formula is C16H17F3N2. The summed E-state index contributed by atoms with van der Waals surface area (Å²) in [7, 11) is 0. The number of nitrogens with zero attached hydrogens (tertiary/aromatic N) is 2. The van der Waals surface area contributed by atoms with Gasteiger partial charge in [0.2, 0.25) is 0 Å². The Morgan fingerprint density at radius 2 is 1.76 bits per heavy atom. The molecule has 3 rings (SSSR count). The molecule has 0 saturated carbocycles. The fourth-order valence-electron chi connectivity index (χ4n) is 2.91. The van der Waals surface area contributed by atoms with Gasteiger partial charge in [0.25, 0.3) is 0 Å². The van der Waals surface area contributed by atoms with Crippen LogP contribution in [0.4, 0.5) is 13.2 Å². The molecule has 0 spiro atoms. The maximum atomic E-state index is 13.1. The lowest BCUT2D eigenvalue weighted by atomic mass is 9.95. The quantitative estimate of drug-likeness (QED) is 0.806. The van der Waals surface area contributed by atoms with Crippen LogP contribution in [-0.4, -0.2) is 9.78 Å². The molecule has 0 fully saturated rings. The average molecular weight is 294 g/mol. The summed E-state index contributed by atoms with van der Waals surface area (Å²) in [6.07, 6.45) is -0.619. The summed E-state index contributed by atoms with van der Waals surface area (Å²) in [5, 5.41) is 3.88. The molecule has 1 aromatic carbocycles. The zero-order valence-corrected chi connectivity index (χ0v) is 11.9. The lowest BCUT2D eigenvalue weighted by Crippen LogP contribution is -2.11. The molecule has 0 N–H and O–H groups in total. The molecule has 0 saturated heterocycles. The number of rotatable bonds is 2. The number of aromatic nitrogens is 2. The number of fused-ring (bicyclic) bond motifs is 1. The van der Waals surface area contributed by atoms with E-state index >= 15 is 0 Å². The zero-order valence-electron chi connectivity index (χ0n) is 11.9. The SMILES string of the molecule is CCc1ccc(-n2nc(C(F)(F)F)c3c2CCCC3)cc1. The second-order valence-electron chi connectivity index (χ2n) is 5.41. The maximum Gasteiger partial charge on any atom is 0.435 e. The van der Waals surface area contributed by atoms with E-state index in [-0.39, 0.29) is 0 Å². The molecule has 1 aliphatic carbocycles. The Hall–Kier alpha value is -1.78. The first-order valence-electron chi connectivity index (χ1n) is 7.28. The van der Waals surface area contributed by atoms with E-state index < -0.39 is 11.9 Å². The van der Waals surface area contributed by atoms with Gasteiger partial charge in [-0.3, -0.25) is 0 Å². The average Bonchev–Trinajstić information content (AvgIpc) is 2.87. The molecule has 0 unspecified atom stereocenters. The van der Waals surface area contributed by atoms with Crippen molar-refractivity contribution in [3.63, 3.8) is 0 Å². The molecule has 1 aromatic heterocycles. The fourth-order valence-corrected chi connectivity index (χ4v) is 2.91. The number of hydrogen-bond donors (Lipinski definition) is 0. The van der Waals surface area contributed by atoms with E-state index in [1.807, 2.05) is 31.2 Å². The van der Waals surface area contributed by atoms with Crippen molar-refractivity contribution in [1.29, 1.82) is 0 Å². The van der Waals surface area contributed by atoms with Gasteiger partial charge in [-0.05, 0) is 49.8 Å². The second-order valence-corrected chi connectivity index (χ2v) is 5.41. The highest BCUT2D eigenvalue weighted by Crippen LogP contribution is 2.36. The monoisotopic (exact) mass is 294 g/mol. The Balaban J connectivity index is 2.11. The minimum Gasteiger partial charge on any atom is -0.237 e. The van der Waals surface area contributed by atoms with E-state index in [4.69, 9.17) is 0 Å². The van der Waals surface area contributed by atoms with Crippen molar-refractivity contribution in [3.8, 4) is 5.69 Å². The van der Waals surface area contributed by atoms with Gasteiger partial charge >= 0.3 is 6.18 Å². The van der Waals surface area contributed by atoms with Gasteiger partial charge < -0.3 is 0 Å². The van der Waals surface area contributed by atoms with Crippen LogP contribution in [0.25, 0.3) is 5.69 Å². The Morgan fingerprint density at radius 1 is 1.10 bits per heavy atom. The predicted molar refractivity (Wildman–Crippen MR) is 74.6 cm³/mol. The van der Waals surface area contributed by atoms with E-state index in [1.165, 1.54) is 4.68 Å². The van der Waals surface area contributed by atoms with Crippen molar-refractivity contribution in [3.05, 3.63) is 46.8 Å². The molecule has 0 amide bonds. The summed E-state index contributed by atoms with van der Waals surface area (Å²) in [6.45, 7) is 2.05. The van der Waals surface area contributed by atoms with Crippen LogP contribution in [0.5, 0.6) is 0 Å². The maximum absolute atomic E-state index is 13.1. The third-order valence-electron chi connectivity index (χ3n) is 4.04. The van der Waals surface area contributed by atoms with Gasteiger partial charge in [0.15, 0.2) is 5.69 Å². The lowest BCUT2D eigenvalue weighted by molar-refractivity contribution is -0.142. The number of benzene rings is 1. The Labute approximate surface area is 121 Å². The van der Waals surface area contributed by atoms with Gasteiger partial charge in [-0.1, -0.05) is 19.1 Å². The molecular weight excluding hydrogens is 277 g/mol. The number of alkyl halides is 3. The van der Waals surface area contributed by atoms with Crippen LogP contribution in [0.15, 0.2) is 24.3 Å². The van der Waals surface area contributed by atoms with Crippen molar-refractivity contribution in [2.24, 2.45) is 0 Å². The largest absolute Gasteiger partial charge is 0.435 e. The summed E-state index contributed by atoms with van der Waals surface area (Å²) in [5.41, 5.74) is 2.26. The third kappa shape index (κ3) is 2.57. The first-order chi connectivity index (χ1) is 10.0. The highest BCUT2D eigenvalue weighted by molar-refractivity contribution is 5.41. The van der Waals surface area contributed by atoms with Crippen molar-refractivity contribution in [2.75, 3.05) is 0 Å². The molecule has 5 heteroatoms. The van der Waals surface area contributed by atoms with Crippen LogP contribution in [0.3, 0.4) is 0 Å². The van der Waals surface area contributed by atoms with Crippen LogP contribution in [-0.2, 0) is 25.4 Å². The van der Waals surface area contributed by atoms with Gasteiger partial charge in [-0.2, -0.15) is 18.3 Å². The van der Waals surface area contributed by atoms with Gasteiger partial charge in [0, 0.05) is 11.3 Å². The van der Waals surface area contributed by atoms with E-state index in [1.54, 1.807) is 0 Å². The molecule has 21 heavy (non-hydrogen) atoms. The minimum atomic E-state index is -4.38. The Bertz CT molecular complexity index is 639. The molecule has 0 radical (unpaired) electrons. The lowest BCUT2D eigenvalue weighted by Gasteiger charge is -2.14. The standard InChI is InChI=1S/C16H17F3N2/c1-2-11-7-9-12(10-8-11)21-14-6-4-3-5-13(14)15(20-21)16(17,18)19/h7-10H,2-6H2,1H3. The van der Waals surface area contributed by atoms with Gasteiger partial charge in [0.05, 0.1) is 5.69 Å². The molecule has 0 atom stereocenters. The van der Waals surface area contributed by atoms with E-state index in [2.05, 4.69) is 5.10 Å². The van der Waals surface area contributed by atoms with Gasteiger partial charge in [-0.15, -0.1) is 0 Å². The van der Waals surface area contributed by atoms with Crippen LogP contribution in [0.2, 0.25) is 0 Å². The molecule has 2 aromatic rings. The fraction of sp³-hybridized carbons (Fsp3) is 0.438. The van der Waals surface area contributed by atoms with Crippen molar-refractivity contribution in [2.45, 2.75) is 45.2 Å². The second kappa shape index (κ2) is 5.20. The molecule has 1 heterocycles. The highest BCUT2D eigenvalue weighted by atomic mass is 19.4. The number of halogens is 3. The Kier molecular flexibility index (Phi) is 3.51. The van der Waals surface area contributed by atoms with Crippen molar-refractivity contribution < 1.29 is 13.2 Å². The minimum absolute atomic E-state index is 0.383. The molecule has 2 nitrogen and oxygen atoms in total. The number of aryl methyl sites for hydroxylation is 1. The molecule has 0 bridgehead atoms. The summed E-state index contributed by atoms with van der Waals surface area (Å²) in [5.74, 6) is 0. The Morgan fingerprint density at radius 3 is 2.38 bits per heavy atom. The summed E-state index contributed by atoms with van der Waals surface area (Å²) in [4.78, 5) is 0. The van der Waals surface area contributed by atoms with E-state index in [0.29, 0.717) is 24.1 Å². The summed E-state index contributed by atoms with van der Waals surface area (Å²) < 4.78 is 40.9.